The Morgan fingerprint density at radius 2 is 1.70 bits per heavy atom. The van der Waals surface area contributed by atoms with E-state index in [4.69, 9.17) is 9.16 Å². The van der Waals surface area contributed by atoms with Gasteiger partial charge in [-0.3, -0.25) is 4.79 Å². The molecule has 2 fully saturated rings. The van der Waals surface area contributed by atoms with Crippen molar-refractivity contribution in [3.8, 4) is 0 Å². The van der Waals surface area contributed by atoms with Crippen LogP contribution in [0.3, 0.4) is 0 Å². The minimum absolute atomic E-state index is 0.111. The normalized spacial score (nSPS) is 33.2. The first-order valence-electron chi connectivity index (χ1n) is 10.5. The van der Waals surface area contributed by atoms with Gasteiger partial charge in [0.05, 0.1) is 12.0 Å². The molecule has 2 rings (SSSR count). The predicted octanol–water partition coefficient (Wildman–Crippen LogP) is 6.06. The van der Waals surface area contributed by atoms with E-state index in [-0.39, 0.29) is 16.4 Å². The van der Waals surface area contributed by atoms with Crippen LogP contribution in [-0.4, -0.2) is 27.0 Å². The van der Waals surface area contributed by atoms with E-state index >= 15 is 0 Å². The van der Waals surface area contributed by atoms with Crippen LogP contribution in [0, 0.1) is 34.5 Å². The molecule has 0 spiro atoms. The van der Waals surface area contributed by atoms with Gasteiger partial charge in [0.15, 0.2) is 8.32 Å². The van der Waals surface area contributed by atoms with E-state index in [1.54, 1.807) is 0 Å². The monoisotopic (exact) mass is 394 g/mol. The van der Waals surface area contributed by atoms with Crippen molar-refractivity contribution >= 4 is 14.3 Å². The van der Waals surface area contributed by atoms with Crippen LogP contribution in [-0.2, 0) is 14.0 Å². The average Bonchev–Trinajstić information content (AvgIpc) is 3.06. The molecule has 0 amide bonds. The van der Waals surface area contributed by atoms with Crippen LogP contribution >= 0.6 is 0 Å². The number of carbonyl (C=O) groups is 1. The number of fused-ring (bicyclic) bond motifs is 1. The number of rotatable bonds is 5. The summed E-state index contributed by atoms with van der Waals surface area (Å²) in [6.07, 6.45) is 3.36. The van der Waals surface area contributed by atoms with E-state index in [0.717, 1.165) is 6.42 Å². The van der Waals surface area contributed by atoms with Gasteiger partial charge < -0.3 is 9.16 Å². The Bertz CT molecular complexity index is 579. The van der Waals surface area contributed by atoms with Gasteiger partial charge >= 0.3 is 5.97 Å². The summed E-state index contributed by atoms with van der Waals surface area (Å²) >= 11 is 0. The standard InChI is InChI=1S/C23H42O3Si/c1-12-15-13-17(26-27(10,11)22(5,6)7)19-18(23(19,8)9)16(15)14-25-20(24)21(2,3)4/h12,15-19H,1,13-14H2,2-11H3/t15-,16+,17+,18-,19+/m0/s1. The molecule has 0 aromatic heterocycles. The Balaban J connectivity index is 2.16. The van der Waals surface area contributed by atoms with E-state index in [1.807, 2.05) is 20.8 Å². The topological polar surface area (TPSA) is 35.5 Å². The maximum absolute atomic E-state index is 12.3. The molecular weight excluding hydrogens is 352 g/mol. The molecule has 2 aliphatic rings. The van der Waals surface area contributed by atoms with Gasteiger partial charge in [-0.25, -0.2) is 0 Å². The molecule has 0 unspecified atom stereocenters. The molecule has 0 aromatic rings. The third-order valence-electron chi connectivity index (χ3n) is 7.49. The Morgan fingerprint density at radius 1 is 1.15 bits per heavy atom. The first-order chi connectivity index (χ1) is 12.0. The summed E-state index contributed by atoms with van der Waals surface area (Å²) in [7, 11) is -1.82. The maximum Gasteiger partial charge on any atom is 0.311 e. The summed E-state index contributed by atoms with van der Waals surface area (Å²) in [4.78, 5) is 12.3. The molecule has 0 aromatic carbocycles. The summed E-state index contributed by atoms with van der Waals surface area (Å²) in [5.41, 5.74) is -0.214. The lowest BCUT2D eigenvalue weighted by atomic mass is 9.78. The van der Waals surface area contributed by atoms with Gasteiger partial charge in [-0.05, 0) is 68.5 Å². The molecule has 0 bridgehead atoms. The van der Waals surface area contributed by atoms with Crippen molar-refractivity contribution < 1.29 is 14.0 Å². The quantitative estimate of drug-likeness (QED) is 0.323. The zero-order chi connectivity index (χ0) is 21.0. The van der Waals surface area contributed by atoms with E-state index in [0.29, 0.717) is 36.4 Å². The fourth-order valence-corrected chi connectivity index (χ4v) is 6.02. The first-order valence-corrected chi connectivity index (χ1v) is 13.4. The minimum Gasteiger partial charge on any atom is -0.465 e. The second kappa shape index (κ2) is 7.02. The highest BCUT2D eigenvalue weighted by Crippen LogP contribution is 2.69. The number of esters is 1. The summed E-state index contributed by atoms with van der Waals surface area (Å²) in [6.45, 7) is 26.7. The predicted molar refractivity (Wildman–Crippen MR) is 115 cm³/mol. The minimum atomic E-state index is -1.82. The summed E-state index contributed by atoms with van der Waals surface area (Å²) in [5, 5.41) is 0.213. The van der Waals surface area contributed by atoms with Gasteiger partial charge in [0.1, 0.15) is 0 Å². The van der Waals surface area contributed by atoms with Crippen LogP contribution in [0.1, 0.15) is 61.8 Å². The fourth-order valence-electron chi connectivity index (χ4n) is 4.67. The molecule has 4 heteroatoms. The van der Waals surface area contributed by atoms with Gasteiger partial charge in [0, 0.05) is 12.0 Å². The molecule has 3 nitrogen and oxygen atoms in total. The lowest BCUT2D eigenvalue weighted by molar-refractivity contribution is -0.155. The Hall–Kier alpha value is -0.613. The summed E-state index contributed by atoms with van der Waals surface area (Å²) < 4.78 is 12.6. The lowest BCUT2D eigenvalue weighted by Crippen LogP contribution is -2.47. The number of hydrogen-bond acceptors (Lipinski definition) is 3. The van der Waals surface area contributed by atoms with E-state index in [9.17, 15) is 4.79 Å². The average molecular weight is 395 g/mol. The fraction of sp³-hybridized carbons (Fsp3) is 0.870. The maximum atomic E-state index is 12.3. The van der Waals surface area contributed by atoms with Crippen molar-refractivity contribution in [1.29, 1.82) is 0 Å². The molecule has 2 saturated carbocycles. The Morgan fingerprint density at radius 3 is 2.15 bits per heavy atom. The van der Waals surface area contributed by atoms with Crippen LogP contribution in [0.4, 0.5) is 0 Å². The van der Waals surface area contributed by atoms with Crippen molar-refractivity contribution in [3.05, 3.63) is 12.7 Å². The molecule has 5 atom stereocenters. The number of ether oxygens (including phenoxy) is 1. The molecule has 0 N–H and O–H groups in total. The number of allylic oxidation sites excluding steroid dienone is 1. The molecule has 27 heavy (non-hydrogen) atoms. The second-order valence-electron chi connectivity index (χ2n) is 11.9. The van der Waals surface area contributed by atoms with Gasteiger partial charge in [0.2, 0.25) is 0 Å². The zero-order valence-electron chi connectivity index (χ0n) is 19.3. The Labute approximate surface area is 168 Å². The second-order valence-corrected chi connectivity index (χ2v) is 16.7. The zero-order valence-corrected chi connectivity index (χ0v) is 20.3. The van der Waals surface area contributed by atoms with Crippen LogP contribution in [0.2, 0.25) is 18.1 Å². The SMILES string of the molecule is C=C[C@H]1C[C@@H](O[Si](C)(C)C(C)(C)C)[C@@H]2[C@H]([C@@H]1COC(=O)C(C)(C)C)C2(C)C. The van der Waals surface area contributed by atoms with Crippen molar-refractivity contribution in [2.75, 3.05) is 6.61 Å². The third-order valence-corrected chi connectivity index (χ3v) is 12.0. The lowest BCUT2D eigenvalue weighted by Gasteiger charge is -2.42. The van der Waals surface area contributed by atoms with Crippen molar-refractivity contribution in [2.45, 2.75) is 86.0 Å². The van der Waals surface area contributed by atoms with Crippen molar-refractivity contribution in [1.82, 2.24) is 0 Å². The highest BCUT2D eigenvalue weighted by atomic mass is 28.4. The molecule has 0 radical (unpaired) electrons. The molecule has 2 aliphatic carbocycles. The van der Waals surface area contributed by atoms with Crippen LogP contribution in [0.15, 0.2) is 12.7 Å². The number of hydrogen-bond donors (Lipinski definition) is 0. The van der Waals surface area contributed by atoms with E-state index in [2.05, 4.69) is 60.4 Å². The van der Waals surface area contributed by atoms with Crippen molar-refractivity contribution in [2.24, 2.45) is 34.5 Å². The summed E-state index contributed by atoms with van der Waals surface area (Å²) in [5.74, 6) is 1.68. The van der Waals surface area contributed by atoms with Gasteiger partial charge in [-0.2, -0.15) is 0 Å². The van der Waals surface area contributed by atoms with Crippen LogP contribution in [0.5, 0.6) is 0 Å². The van der Waals surface area contributed by atoms with Crippen LogP contribution in [0.25, 0.3) is 0 Å². The highest BCUT2D eigenvalue weighted by molar-refractivity contribution is 6.74. The van der Waals surface area contributed by atoms with Crippen molar-refractivity contribution in [3.63, 3.8) is 0 Å². The molecular formula is C23H42O3Si. The third kappa shape index (κ3) is 4.37. The number of carbonyl (C=O) groups excluding carboxylic acids is 1. The Kier molecular flexibility index (Phi) is 5.89. The van der Waals surface area contributed by atoms with Gasteiger partial charge in [-0.1, -0.05) is 40.7 Å². The molecule has 156 valence electrons. The van der Waals surface area contributed by atoms with Gasteiger partial charge in [0.25, 0.3) is 0 Å². The molecule has 0 aliphatic heterocycles. The van der Waals surface area contributed by atoms with E-state index < -0.39 is 13.7 Å². The van der Waals surface area contributed by atoms with Gasteiger partial charge in [-0.15, -0.1) is 6.58 Å². The largest absolute Gasteiger partial charge is 0.465 e. The van der Waals surface area contributed by atoms with Crippen LogP contribution < -0.4 is 0 Å². The summed E-state index contributed by atoms with van der Waals surface area (Å²) in [6, 6.07) is 0. The smallest absolute Gasteiger partial charge is 0.311 e. The van der Waals surface area contributed by atoms with E-state index in [1.165, 1.54) is 0 Å². The molecule has 0 heterocycles. The first kappa shape index (κ1) is 22.7. The highest BCUT2D eigenvalue weighted by Gasteiger charge is 2.68. The molecule has 0 saturated heterocycles.